The number of rotatable bonds is 2. The summed E-state index contributed by atoms with van der Waals surface area (Å²) in [5.74, 6) is -0.864. The molecule has 0 saturated carbocycles. The van der Waals surface area contributed by atoms with E-state index >= 15 is 0 Å². The number of hydrogen-bond donors (Lipinski definition) is 0. The second kappa shape index (κ2) is 6.05. The van der Waals surface area contributed by atoms with Crippen molar-refractivity contribution >= 4 is 44.9 Å². The smallest absolute Gasteiger partial charge is 0.748 e. The van der Waals surface area contributed by atoms with E-state index in [9.17, 15) is 13.0 Å². The summed E-state index contributed by atoms with van der Waals surface area (Å²) in [7, 11) is -4.38. The van der Waals surface area contributed by atoms with Crippen LogP contribution in [-0.4, -0.2) is 18.7 Å². The molecule has 0 amide bonds. The standard InChI is InChI=1S/C3H3Cl3O3S.Na/c4-2(3(5)6)1-10(7,8)9;/h1H2,(H,7,8,9);/q;+1/p-1. The molecular formula is C3H2Cl3NaO3S. The third-order valence-corrected chi connectivity index (χ3v) is 2.28. The van der Waals surface area contributed by atoms with Gasteiger partial charge < -0.3 is 4.55 Å². The van der Waals surface area contributed by atoms with Crippen molar-refractivity contribution in [2.45, 2.75) is 0 Å². The molecule has 0 aliphatic rings. The van der Waals surface area contributed by atoms with Crippen LogP contribution in [0.15, 0.2) is 9.52 Å². The molecule has 0 aromatic rings. The molecule has 0 rings (SSSR count). The summed E-state index contributed by atoms with van der Waals surface area (Å²) < 4.78 is 29.5. The van der Waals surface area contributed by atoms with Crippen LogP contribution in [0.1, 0.15) is 0 Å². The van der Waals surface area contributed by atoms with Crippen LogP contribution in [0, 0.1) is 0 Å². The molecule has 0 aliphatic heterocycles. The Morgan fingerprint density at radius 3 is 1.73 bits per heavy atom. The first kappa shape index (κ1) is 15.0. The van der Waals surface area contributed by atoms with E-state index in [1.165, 1.54) is 0 Å². The van der Waals surface area contributed by atoms with Gasteiger partial charge in [-0.2, -0.15) is 0 Å². The number of halogens is 3. The van der Waals surface area contributed by atoms with Crippen molar-refractivity contribution in [2.24, 2.45) is 0 Å². The van der Waals surface area contributed by atoms with Gasteiger partial charge in [-0.3, -0.25) is 0 Å². The van der Waals surface area contributed by atoms with Gasteiger partial charge in [0.05, 0.1) is 20.9 Å². The Kier molecular flexibility index (Phi) is 8.25. The van der Waals surface area contributed by atoms with Crippen molar-refractivity contribution in [3.05, 3.63) is 9.52 Å². The zero-order valence-electron chi connectivity index (χ0n) is 5.47. The molecule has 0 unspecified atom stereocenters. The van der Waals surface area contributed by atoms with E-state index in [1.807, 2.05) is 0 Å². The molecule has 0 spiro atoms. The molecule has 11 heavy (non-hydrogen) atoms. The van der Waals surface area contributed by atoms with Gasteiger partial charge in [0.25, 0.3) is 0 Å². The second-order valence-electron chi connectivity index (χ2n) is 1.37. The maximum atomic E-state index is 9.95. The molecule has 0 bridgehead atoms. The minimum atomic E-state index is -4.38. The van der Waals surface area contributed by atoms with Gasteiger partial charge in [-0.05, 0) is 0 Å². The average molecular weight is 247 g/mol. The van der Waals surface area contributed by atoms with Gasteiger partial charge in [0.15, 0.2) is 0 Å². The Labute approximate surface area is 102 Å². The van der Waals surface area contributed by atoms with Crippen LogP contribution in [0.25, 0.3) is 0 Å². The first-order valence-electron chi connectivity index (χ1n) is 1.96. The minimum absolute atomic E-state index is 0. The summed E-state index contributed by atoms with van der Waals surface area (Å²) in [6.45, 7) is 0. The topological polar surface area (TPSA) is 57.2 Å². The van der Waals surface area contributed by atoms with Crippen molar-refractivity contribution in [3.8, 4) is 0 Å². The number of hydrogen-bond acceptors (Lipinski definition) is 3. The zero-order valence-corrected chi connectivity index (χ0v) is 10.6. The third-order valence-electron chi connectivity index (χ3n) is 0.509. The maximum Gasteiger partial charge on any atom is 1.00 e. The summed E-state index contributed by atoms with van der Waals surface area (Å²) in [5.41, 5.74) is 0. The molecule has 0 atom stereocenters. The zero-order chi connectivity index (χ0) is 8.36. The van der Waals surface area contributed by atoms with Crippen LogP contribution in [0.5, 0.6) is 0 Å². The summed E-state index contributed by atoms with van der Waals surface area (Å²) in [6, 6.07) is 0. The Morgan fingerprint density at radius 2 is 1.64 bits per heavy atom. The Morgan fingerprint density at radius 1 is 1.27 bits per heavy atom. The molecule has 0 aliphatic carbocycles. The molecule has 0 aromatic carbocycles. The largest absolute Gasteiger partial charge is 1.00 e. The van der Waals surface area contributed by atoms with Crippen molar-refractivity contribution in [3.63, 3.8) is 0 Å². The predicted octanol–water partition coefficient (Wildman–Crippen LogP) is -1.58. The first-order chi connectivity index (χ1) is 4.33. The summed E-state index contributed by atoms with van der Waals surface area (Å²) in [5, 5.41) is -0.363. The van der Waals surface area contributed by atoms with Crippen molar-refractivity contribution < 1.29 is 42.5 Å². The van der Waals surface area contributed by atoms with Gasteiger partial charge in [0, 0.05) is 0 Å². The van der Waals surface area contributed by atoms with Crippen molar-refractivity contribution in [1.29, 1.82) is 0 Å². The molecule has 3 nitrogen and oxygen atoms in total. The van der Waals surface area contributed by atoms with Gasteiger partial charge in [-0.15, -0.1) is 0 Å². The van der Waals surface area contributed by atoms with E-state index in [1.54, 1.807) is 0 Å². The van der Waals surface area contributed by atoms with Gasteiger partial charge in [0.1, 0.15) is 4.49 Å². The third kappa shape index (κ3) is 9.43. The maximum absolute atomic E-state index is 9.95. The van der Waals surface area contributed by atoms with Gasteiger partial charge in [0.2, 0.25) is 0 Å². The van der Waals surface area contributed by atoms with Crippen molar-refractivity contribution in [1.82, 2.24) is 0 Å². The van der Waals surface area contributed by atoms with E-state index in [2.05, 4.69) is 0 Å². The van der Waals surface area contributed by atoms with Crippen LogP contribution in [-0.2, 0) is 10.1 Å². The quantitative estimate of drug-likeness (QED) is 0.437. The summed E-state index contributed by atoms with van der Waals surface area (Å²) >= 11 is 15.2. The molecule has 8 heteroatoms. The summed E-state index contributed by atoms with van der Waals surface area (Å²) in [4.78, 5) is 0. The van der Waals surface area contributed by atoms with E-state index in [4.69, 9.17) is 34.8 Å². The molecule has 0 heterocycles. The van der Waals surface area contributed by atoms with Crippen LogP contribution < -0.4 is 29.6 Å². The van der Waals surface area contributed by atoms with Gasteiger partial charge >= 0.3 is 29.6 Å². The predicted molar refractivity (Wildman–Crippen MR) is 39.1 cm³/mol. The fourth-order valence-electron chi connectivity index (χ4n) is 0.210. The van der Waals surface area contributed by atoms with E-state index < -0.39 is 20.4 Å². The normalized spacial score (nSPS) is 10.2. The Bertz CT molecular complexity index is 243. The SMILES string of the molecule is O=S(=O)([O-])CC(Cl)=C(Cl)Cl.[Na+]. The molecule has 0 N–H and O–H groups in total. The van der Waals surface area contributed by atoms with E-state index in [0.29, 0.717) is 0 Å². The Balaban J connectivity index is 0. The van der Waals surface area contributed by atoms with Crippen LogP contribution in [0.3, 0.4) is 0 Å². The molecular weight excluding hydrogens is 245 g/mol. The van der Waals surface area contributed by atoms with Gasteiger partial charge in [-0.1, -0.05) is 34.8 Å². The molecule has 60 valence electrons. The fraction of sp³-hybridized carbons (Fsp3) is 0.333. The fourth-order valence-corrected chi connectivity index (χ4v) is 1.36. The average Bonchev–Trinajstić information content (AvgIpc) is 1.60. The summed E-state index contributed by atoms with van der Waals surface area (Å²) in [6.07, 6.45) is 0. The molecule has 0 saturated heterocycles. The molecule has 0 fully saturated rings. The molecule has 0 radical (unpaired) electrons. The van der Waals surface area contributed by atoms with Crippen LogP contribution in [0.4, 0.5) is 0 Å². The van der Waals surface area contributed by atoms with Crippen LogP contribution in [0.2, 0.25) is 0 Å². The monoisotopic (exact) mass is 246 g/mol. The minimum Gasteiger partial charge on any atom is -0.748 e. The van der Waals surface area contributed by atoms with E-state index in [0.717, 1.165) is 0 Å². The van der Waals surface area contributed by atoms with Gasteiger partial charge in [-0.25, -0.2) is 8.42 Å². The van der Waals surface area contributed by atoms with Crippen LogP contribution >= 0.6 is 34.8 Å². The second-order valence-corrected chi connectivity index (χ2v) is 4.18. The first-order valence-corrected chi connectivity index (χ1v) is 4.67. The Hall–Kier alpha value is 1.52. The molecule has 0 aromatic heterocycles. The van der Waals surface area contributed by atoms with Crippen molar-refractivity contribution in [2.75, 3.05) is 5.75 Å². The van der Waals surface area contributed by atoms with E-state index in [-0.39, 0.29) is 34.6 Å².